The Bertz CT molecular complexity index is 895. The molecule has 128 valence electrons. The van der Waals surface area contributed by atoms with Crippen molar-refractivity contribution in [2.75, 3.05) is 25.6 Å². The predicted octanol–water partition coefficient (Wildman–Crippen LogP) is 2.83. The van der Waals surface area contributed by atoms with Gasteiger partial charge in [-0.2, -0.15) is 4.98 Å². The van der Waals surface area contributed by atoms with Crippen molar-refractivity contribution in [3.05, 3.63) is 42.2 Å². The zero-order chi connectivity index (χ0) is 17.2. The van der Waals surface area contributed by atoms with Gasteiger partial charge in [0.25, 0.3) is 0 Å². The summed E-state index contributed by atoms with van der Waals surface area (Å²) in [7, 11) is 0. The highest BCUT2D eigenvalue weighted by molar-refractivity contribution is 5.83. The van der Waals surface area contributed by atoms with E-state index in [4.69, 9.17) is 15.2 Å². The number of nitrogens with two attached hydrogens (primary N) is 1. The maximum absolute atomic E-state index is 13.1. The number of hydrogen-bond donors (Lipinski definition) is 1. The average Bonchev–Trinajstić information content (AvgIpc) is 3.13. The van der Waals surface area contributed by atoms with E-state index in [1.54, 1.807) is 12.1 Å². The van der Waals surface area contributed by atoms with E-state index in [2.05, 4.69) is 15.0 Å². The molecule has 0 bridgehead atoms. The second kappa shape index (κ2) is 6.60. The Hall–Kier alpha value is -2.80. The lowest BCUT2D eigenvalue weighted by Crippen LogP contribution is -2.13. The minimum absolute atomic E-state index is 0.140. The number of rotatable bonds is 4. The minimum atomic E-state index is -0.288. The van der Waals surface area contributed by atoms with Crippen LogP contribution in [0.25, 0.3) is 22.3 Å². The molecule has 2 aromatic heterocycles. The quantitative estimate of drug-likeness (QED) is 0.786. The van der Waals surface area contributed by atoms with Crippen molar-refractivity contribution < 1.29 is 13.9 Å². The van der Waals surface area contributed by atoms with Crippen molar-refractivity contribution in [1.29, 1.82) is 0 Å². The van der Waals surface area contributed by atoms with Gasteiger partial charge in [-0.15, -0.1) is 0 Å². The smallest absolute Gasteiger partial charge is 0.245 e. The number of aromatic nitrogens is 3. The second-order valence-corrected chi connectivity index (χ2v) is 6.00. The van der Waals surface area contributed by atoms with Crippen LogP contribution in [0.5, 0.6) is 5.88 Å². The molecule has 3 aromatic rings. The molecule has 0 aliphatic carbocycles. The van der Waals surface area contributed by atoms with Crippen LogP contribution in [0.1, 0.15) is 6.42 Å². The Morgan fingerprint density at radius 1 is 1.12 bits per heavy atom. The Morgan fingerprint density at radius 3 is 2.72 bits per heavy atom. The Morgan fingerprint density at radius 2 is 1.96 bits per heavy atom. The molecule has 1 unspecified atom stereocenters. The van der Waals surface area contributed by atoms with Gasteiger partial charge in [0, 0.05) is 18.1 Å². The maximum atomic E-state index is 13.1. The normalized spacial score (nSPS) is 17.1. The Labute approximate surface area is 143 Å². The molecular formula is C18H17FN4O2. The molecule has 1 fully saturated rings. The minimum Gasteiger partial charge on any atom is -0.476 e. The molecule has 25 heavy (non-hydrogen) atoms. The monoisotopic (exact) mass is 340 g/mol. The van der Waals surface area contributed by atoms with Crippen molar-refractivity contribution in [2.24, 2.45) is 5.92 Å². The summed E-state index contributed by atoms with van der Waals surface area (Å²) in [5.41, 5.74) is 8.41. The highest BCUT2D eigenvalue weighted by Gasteiger charge is 2.18. The van der Waals surface area contributed by atoms with Crippen molar-refractivity contribution in [1.82, 2.24) is 15.0 Å². The molecule has 1 aliphatic heterocycles. The van der Waals surface area contributed by atoms with Crippen molar-refractivity contribution in [2.45, 2.75) is 6.42 Å². The molecule has 3 heterocycles. The third kappa shape index (κ3) is 3.36. The van der Waals surface area contributed by atoms with E-state index in [-0.39, 0.29) is 11.8 Å². The first-order valence-electron chi connectivity index (χ1n) is 8.10. The van der Waals surface area contributed by atoms with Gasteiger partial charge in [0.2, 0.25) is 11.8 Å². The van der Waals surface area contributed by atoms with Crippen LogP contribution < -0.4 is 10.5 Å². The summed E-state index contributed by atoms with van der Waals surface area (Å²) in [6, 6.07) is 9.79. The number of ether oxygens (including phenoxy) is 2. The zero-order valence-electron chi connectivity index (χ0n) is 13.5. The summed E-state index contributed by atoms with van der Waals surface area (Å²) in [6.07, 6.45) is 0.965. The fraction of sp³-hybridized carbons (Fsp3) is 0.278. The van der Waals surface area contributed by atoms with Crippen LogP contribution in [0, 0.1) is 11.7 Å². The molecular weight excluding hydrogens is 323 g/mol. The van der Waals surface area contributed by atoms with Gasteiger partial charge in [-0.25, -0.2) is 14.4 Å². The van der Waals surface area contributed by atoms with Gasteiger partial charge in [-0.05, 0) is 42.8 Å². The molecule has 6 nitrogen and oxygen atoms in total. The Kier molecular flexibility index (Phi) is 4.15. The average molecular weight is 340 g/mol. The lowest BCUT2D eigenvalue weighted by atomic mass is 10.1. The molecule has 0 spiro atoms. The molecule has 0 amide bonds. The SMILES string of the molecule is Nc1nc(OCC2CCOC2)c2nc(-c3ccc(F)cc3)ccc2n1. The zero-order valence-corrected chi connectivity index (χ0v) is 13.5. The number of anilines is 1. The molecule has 7 heteroatoms. The van der Waals surface area contributed by atoms with E-state index < -0.39 is 0 Å². The molecule has 0 radical (unpaired) electrons. The molecule has 1 aliphatic rings. The first-order chi connectivity index (χ1) is 12.2. The summed E-state index contributed by atoms with van der Waals surface area (Å²) in [6.45, 7) is 1.94. The predicted molar refractivity (Wildman–Crippen MR) is 91.6 cm³/mol. The van der Waals surface area contributed by atoms with Gasteiger partial charge < -0.3 is 15.2 Å². The van der Waals surface area contributed by atoms with Crippen molar-refractivity contribution in [3.8, 4) is 17.1 Å². The number of benzene rings is 1. The van der Waals surface area contributed by atoms with Crippen LogP contribution in [-0.4, -0.2) is 34.8 Å². The van der Waals surface area contributed by atoms with E-state index in [1.165, 1.54) is 12.1 Å². The lowest BCUT2D eigenvalue weighted by molar-refractivity contribution is 0.166. The van der Waals surface area contributed by atoms with Crippen LogP contribution in [0.4, 0.5) is 10.3 Å². The fourth-order valence-electron chi connectivity index (χ4n) is 2.80. The number of halogens is 1. The lowest BCUT2D eigenvalue weighted by Gasteiger charge is -2.12. The standard InChI is InChI=1S/C18H17FN4O2/c19-13-3-1-12(2-4-13)14-5-6-15-16(21-14)17(23-18(20)22-15)25-10-11-7-8-24-9-11/h1-6,11H,7-10H2,(H2,20,22,23). The summed E-state index contributed by atoms with van der Waals surface area (Å²) >= 11 is 0. The van der Waals surface area contributed by atoms with E-state index >= 15 is 0 Å². The molecule has 1 saturated heterocycles. The van der Waals surface area contributed by atoms with Crippen LogP contribution >= 0.6 is 0 Å². The number of nitrogens with zero attached hydrogens (tertiary/aromatic N) is 3. The van der Waals surface area contributed by atoms with Crippen LogP contribution in [0.2, 0.25) is 0 Å². The number of fused-ring (bicyclic) bond motifs is 1. The van der Waals surface area contributed by atoms with Crippen LogP contribution in [0.15, 0.2) is 36.4 Å². The Balaban J connectivity index is 1.70. The van der Waals surface area contributed by atoms with E-state index in [0.29, 0.717) is 41.7 Å². The number of pyridine rings is 1. The van der Waals surface area contributed by atoms with Gasteiger partial charge in [0.15, 0.2) is 5.52 Å². The van der Waals surface area contributed by atoms with Gasteiger partial charge >= 0.3 is 0 Å². The van der Waals surface area contributed by atoms with Gasteiger partial charge in [-0.3, -0.25) is 0 Å². The molecule has 2 N–H and O–H groups in total. The number of nitrogen functional groups attached to an aromatic ring is 1. The van der Waals surface area contributed by atoms with Crippen LogP contribution in [-0.2, 0) is 4.74 Å². The van der Waals surface area contributed by atoms with Gasteiger partial charge in [0.1, 0.15) is 5.82 Å². The number of hydrogen-bond acceptors (Lipinski definition) is 6. The molecule has 1 atom stereocenters. The van der Waals surface area contributed by atoms with Gasteiger partial charge in [-0.1, -0.05) is 0 Å². The first kappa shape index (κ1) is 15.7. The van der Waals surface area contributed by atoms with Gasteiger partial charge in [0.05, 0.1) is 24.4 Å². The van der Waals surface area contributed by atoms with E-state index in [1.807, 2.05) is 12.1 Å². The van der Waals surface area contributed by atoms with Crippen molar-refractivity contribution >= 4 is 17.0 Å². The highest BCUT2D eigenvalue weighted by Crippen LogP contribution is 2.26. The van der Waals surface area contributed by atoms with Crippen LogP contribution in [0.3, 0.4) is 0 Å². The van der Waals surface area contributed by atoms with Crippen molar-refractivity contribution in [3.63, 3.8) is 0 Å². The largest absolute Gasteiger partial charge is 0.476 e. The highest BCUT2D eigenvalue weighted by atomic mass is 19.1. The molecule has 4 rings (SSSR count). The maximum Gasteiger partial charge on any atom is 0.245 e. The van der Waals surface area contributed by atoms with E-state index in [9.17, 15) is 4.39 Å². The molecule has 1 aromatic carbocycles. The molecule has 0 saturated carbocycles. The summed E-state index contributed by atoms with van der Waals surface area (Å²) in [5.74, 6) is 0.551. The third-order valence-corrected chi connectivity index (χ3v) is 4.15. The second-order valence-electron chi connectivity index (χ2n) is 6.00. The summed E-state index contributed by atoms with van der Waals surface area (Å²) in [5, 5.41) is 0. The first-order valence-corrected chi connectivity index (χ1v) is 8.10. The summed E-state index contributed by atoms with van der Waals surface area (Å²) < 4.78 is 24.3. The topological polar surface area (TPSA) is 83.2 Å². The fourth-order valence-corrected chi connectivity index (χ4v) is 2.80. The summed E-state index contributed by atoms with van der Waals surface area (Å²) in [4.78, 5) is 13.0. The van der Waals surface area contributed by atoms with E-state index in [0.717, 1.165) is 18.6 Å². The third-order valence-electron chi connectivity index (χ3n) is 4.15.